The highest BCUT2D eigenvalue weighted by atomic mass is 16.7. The number of hydrogen-bond acceptors (Lipinski definition) is 5. The quantitative estimate of drug-likeness (QED) is 0.222. The number of fused-ring (bicyclic) bond motifs is 3. The van der Waals surface area contributed by atoms with Gasteiger partial charge in [-0.3, -0.25) is 0 Å². The molecule has 4 aromatic carbocycles. The molecular weight excluding hydrogens is 495 g/mol. The van der Waals surface area contributed by atoms with E-state index < -0.39 is 18.3 Å². The molecule has 0 amide bonds. The van der Waals surface area contributed by atoms with Crippen LogP contribution in [0.25, 0.3) is 55.8 Å². The van der Waals surface area contributed by atoms with Crippen molar-refractivity contribution in [3.8, 4) is 33.9 Å². The molecule has 6 heteroatoms. The molecule has 6 aromatic rings. The smallest absolute Gasteiger partial charge is 0.455 e. The van der Waals surface area contributed by atoms with Crippen LogP contribution < -0.4 is 5.46 Å². The summed E-state index contributed by atoms with van der Waals surface area (Å²) in [5.74, 6) is 0.621. The SMILES string of the molecule is CC1(C)OB(c2ccc3oc4c(-c5nc(-c6ccccc6)cc(-c6ccccc6)n5)cccc4c3c2)OC1(C)C. The summed E-state index contributed by atoms with van der Waals surface area (Å²) in [6, 6.07) is 34.7. The summed E-state index contributed by atoms with van der Waals surface area (Å²) in [5, 5.41) is 2.01. The van der Waals surface area contributed by atoms with Gasteiger partial charge in [-0.15, -0.1) is 0 Å². The molecular formula is C34H29BN2O3. The molecule has 0 aliphatic carbocycles. The van der Waals surface area contributed by atoms with Crippen LogP contribution in [-0.4, -0.2) is 28.3 Å². The predicted octanol–water partition coefficient (Wildman–Crippen LogP) is 7.68. The first-order chi connectivity index (χ1) is 19.3. The molecule has 3 heterocycles. The molecule has 1 fully saturated rings. The molecule has 0 N–H and O–H groups in total. The van der Waals surface area contributed by atoms with Crippen molar-refractivity contribution >= 4 is 34.5 Å². The average Bonchev–Trinajstić information content (AvgIpc) is 3.45. The summed E-state index contributed by atoms with van der Waals surface area (Å²) in [6.07, 6.45) is 0. The van der Waals surface area contributed by atoms with E-state index in [9.17, 15) is 0 Å². The van der Waals surface area contributed by atoms with E-state index in [1.807, 2.05) is 66.7 Å². The highest BCUT2D eigenvalue weighted by molar-refractivity contribution is 6.62. The predicted molar refractivity (Wildman–Crippen MR) is 161 cm³/mol. The zero-order valence-corrected chi connectivity index (χ0v) is 23.0. The summed E-state index contributed by atoms with van der Waals surface area (Å²) in [7, 11) is -0.443. The van der Waals surface area contributed by atoms with Crippen LogP contribution in [0.5, 0.6) is 0 Å². The first-order valence-electron chi connectivity index (χ1n) is 13.6. The minimum atomic E-state index is -0.443. The lowest BCUT2D eigenvalue weighted by atomic mass is 9.78. The normalized spacial score (nSPS) is 16.1. The molecule has 1 aliphatic heterocycles. The summed E-state index contributed by atoms with van der Waals surface area (Å²) in [6.45, 7) is 8.27. The summed E-state index contributed by atoms with van der Waals surface area (Å²) >= 11 is 0. The number of para-hydroxylation sites is 1. The molecule has 196 valence electrons. The largest absolute Gasteiger partial charge is 0.494 e. The van der Waals surface area contributed by atoms with Crippen LogP contribution in [0.1, 0.15) is 27.7 Å². The fourth-order valence-corrected chi connectivity index (χ4v) is 5.20. The minimum Gasteiger partial charge on any atom is -0.455 e. The van der Waals surface area contributed by atoms with Crippen LogP contribution in [0.2, 0.25) is 0 Å². The zero-order chi connectivity index (χ0) is 27.5. The number of benzene rings is 4. The van der Waals surface area contributed by atoms with E-state index in [-0.39, 0.29) is 0 Å². The first-order valence-corrected chi connectivity index (χ1v) is 13.6. The molecule has 7 rings (SSSR count). The number of hydrogen-bond donors (Lipinski definition) is 0. The van der Waals surface area contributed by atoms with Gasteiger partial charge < -0.3 is 13.7 Å². The van der Waals surface area contributed by atoms with E-state index in [0.29, 0.717) is 5.82 Å². The third-order valence-corrected chi connectivity index (χ3v) is 8.15. The maximum atomic E-state index is 6.47. The molecule has 40 heavy (non-hydrogen) atoms. The standard InChI is InChI=1S/C34H29BN2O3/c1-33(2)34(3,4)40-35(39-33)24-18-19-30-27(20-24)25-16-11-17-26(31(25)38-30)32-36-28(22-12-7-5-8-13-22)21-29(37-32)23-14-9-6-10-15-23/h5-21H,1-4H3. The van der Waals surface area contributed by atoms with Gasteiger partial charge in [-0.2, -0.15) is 0 Å². The van der Waals surface area contributed by atoms with Crippen molar-refractivity contribution < 1.29 is 13.7 Å². The molecule has 0 spiro atoms. The van der Waals surface area contributed by atoms with Crippen LogP contribution in [0.15, 0.2) is 108 Å². The number of rotatable bonds is 4. The fourth-order valence-electron chi connectivity index (χ4n) is 5.20. The first kappa shape index (κ1) is 24.8. The van der Waals surface area contributed by atoms with Crippen molar-refractivity contribution in [2.45, 2.75) is 38.9 Å². The topological polar surface area (TPSA) is 57.4 Å². The second kappa shape index (κ2) is 9.15. The number of aromatic nitrogens is 2. The van der Waals surface area contributed by atoms with Crippen LogP contribution in [0, 0.1) is 0 Å². The van der Waals surface area contributed by atoms with Crippen molar-refractivity contribution in [2.24, 2.45) is 0 Å². The van der Waals surface area contributed by atoms with Gasteiger partial charge in [0, 0.05) is 21.9 Å². The van der Waals surface area contributed by atoms with Crippen molar-refractivity contribution in [1.82, 2.24) is 9.97 Å². The average molecular weight is 524 g/mol. The van der Waals surface area contributed by atoms with Crippen LogP contribution >= 0.6 is 0 Å². The third-order valence-electron chi connectivity index (χ3n) is 8.15. The Hall–Kier alpha value is -4.26. The Bertz CT molecular complexity index is 1790. The lowest BCUT2D eigenvalue weighted by Crippen LogP contribution is -2.41. The van der Waals surface area contributed by atoms with Crippen molar-refractivity contribution in [2.75, 3.05) is 0 Å². The Morgan fingerprint density at radius 3 is 1.80 bits per heavy atom. The maximum Gasteiger partial charge on any atom is 0.494 e. The second-order valence-corrected chi connectivity index (χ2v) is 11.3. The maximum absolute atomic E-state index is 6.47. The molecule has 0 atom stereocenters. The van der Waals surface area contributed by atoms with Gasteiger partial charge in [-0.1, -0.05) is 84.9 Å². The van der Waals surface area contributed by atoms with Gasteiger partial charge in [0.1, 0.15) is 11.2 Å². The van der Waals surface area contributed by atoms with E-state index in [2.05, 4.69) is 64.1 Å². The number of furan rings is 1. The van der Waals surface area contributed by atoms with Gasteiger partial charge in [0.15, 0.2) is 5.82 Å². The molecule has 0 radical (unpaired) electrons. The highest BCUT2D eigenvalue weighted by Crippen LogP contribution is 2.38. The molecule has 1 saturated heterocycles. The van der Waals surface area contributed by atoms with E-state index >= 15 is 0 Å². The van der Waals surface area contributed by atoms with Gasteiger partial charge >= 0.3 is 7.12 Å². The molecule has 0 saturated carbocycles. The fraction of sp³-hybridized carbons (Fsp3) is 0.176. The van der Waals surface area contributed by atoms with Crippen LogP contribution in [-0.2, 0) is 9.31 Å². The van der Waals surface area contributed by atoms with Crippen molar-refractivity contribution in [1.29, 1.82) is 0 Å². The Morgan fingerprint density at radius 2 is 1.20 bits per heavy atom. The summed E-state index contributed by atoms with van der Waals surface area (Å²) in [5.41, 5.74) is 6.35. The molecule has 0 bridgehead atoms. The van der Waals surface area contributed by atoms with Crippen molar-refractivity contribution in [3.63, 3.8) is 0 Å². The van der Waals surface area contributed by atoms with Gasteiger partial charge in [0.25, 0.3) is 0 Å². The third kappa shape index (κ3) is 4.12. The van der Waals surface area contributed by atoms with Gasteiger partial charge in [-0.25, -0.2) is 9.97 Å². The Labute approximate surface area is 234 Å². The summed E-state index contributed by atoms with van der Waals surface area (Å²) < 4.78 is 19.1. The van der Waals surface area contributed by atoms with E-state index in [1.54, 1.807) is 0 Å². The minimum absolute atomic E-state index is 0.407. The van der Waals surface area contributed by atoms with Crippen molar-refractivity contribution in [3.05, 3.63) is 103 Å². The van der Waals surface area contributed by atoms with E-state index in [4.69, 9.17) is 23.7 Å². The van der Waals surface area contributed by atoms with Gasteiger partial charge in [-0.05, 0) is 51.4 Å². The lowest BCUT2D eigenvalue weighted by molar-refractivity contribution is 0.00578. The molecule has 5 nitrogen and oxygen atoms in total. The van der Waals surface area contributed by atoms with Gasteiger partial charge in [0.05, 0.1) is 28.2 Å². The summed E-state index contributed by atoms with van der Waals surface area (Å²) in [4.78, 5) is 10.0. The second-order valence-electron chi connectivity index (χ2n) is 11.3. The molecule has 2 aromatic heterocycles. The zero-order valence-electron chi connectivity index (χ0n) is 23.0. The van der Waals surface area contributed by atoms with Crippen LogP contribution in [0.4, 0.5) is 0 Å². The van der Waals surface area contributed by atoms with Gasteiger partial charge in [0.2, 0.25) is 0 Å². The van der Waals surface area contributed by atoms with Crippen LogP contribution in [0.3, 0.4) is 0 Å². The highest BCUT2D eigenvalue weighted by Gasteiger charge is 2.51. The van der Waals surface area contributed by atoms with E-state index in [0.717, 1.165) is 55.5 Å². The Balaban J connectivity index is 1.38. The molecule has 1 aliphatic rings. The Kier molecular flexibility index (Phi) is 5.67. The Morgan fingerprint density at radius 1 is 0.600 bits per heavy atom. The monoisotopic (exact) mass is 524 g/mol. The number of nitrogens with zero attached hydrogens (tertiary/aromatic N) is 2. The molecule has 0 unspecified atom stereocenters. The van der Waals surface area contributed by atoms with E-state index in [1.165, 1.54) is 0 Å². The lowest BCUT2D eigenvalue weighted by Gasteiger charge is -2.32.